The Morgan fingerprint density at radius 3 is 2.61 bits per heavy atom. The van der Waals surface area contributed by atoms with Crippen LogP contribution in [-0.4, -0.2) is 29.3 Å². The summed E-state index contributed by atoms with van der Waals surface area (Å²) in [5.41, 5.74) is 0.451. The number of benzene rings is 1. The zero-order chi connectivity index (χ0) is 17.5. The summed E-state index contributed by atoms with van der Waals surface area (Å²) in [6.45, 7) is 5.59. The van der Waals surface area contributed by atoms with Crippen molar-refractivity contribution >= 4 is 18.1 Å². The zero-order valence-electron chi connectivity index (χ0n) is 13.6. The number of carboxylic acid groups (broad SMARTS) is 1. The van der Waals surface area contributed by atoms with Crippen LogP contribution in [0.15, 0.2) is 24.3 Å². The molecule has 0 saturated carbocycles. The normalized spacial score (nSPS) is 11.5. The van der Waals surface area contributed by atoms with Crippen molar-refractivity contribution in [1.82, 2.24) is 5.32 Å². The molecule has 0 aromatic heterocycles. The van der Waals surface area contributed by atoms with E-state index in [1.807, 2.05) is 0 Å². The second kappa shape index (κ2) is 8.31. The second-order valence-corrected chi connectivity index (χ2v) is 6.03. The van der Waals surface area contributed by atoms with E-state index >= 15 is 0 Å². The molecule has 0 radical (unpaired) electrons. The van der Waals surface area contributed by atoms with Gasteiger partial charge >= 0.3 is 12.1 Å². The molecule has 6 heteroatoms. The average Bonchev–Trinajstić information content (AvgIpc) is 2.40. The number of hydrogen-bond acceptors (Lipinski definition) is 3. The molecule has 0 aliphatic heterocycles. The molecule has 2 N–H and O–H groups in total. The number of ether oxygens (including phenoxy) is 1. The van der Waals surface area contributed by atoms with E-state index in [1.54, 1.807) is 45.1 Å². The summed E-state index contributed by atoms with van der Waals surface area (Å²) < 4.78 is 18.9. The summed E-state index contributed by atoms with van der Waals surface area (Å²) >= 11 is 0. The maximum atomic E-state index is 13.8. The first-order valence-electron chi connectivity index (χ1n) is 7.31. The molecule has 1 rings (SSSR count). The average molecular weight is 323 g/mol. The smallest absolute Gasteiger partial charge is 0.407 e. The molecule has 0 aliphatic carbocycles. The number of halogens is 1. The highest BCUT2D eigenvalue weighted by molar-refractivity contribution is 5.68. The van der Waals surface area contributed by atoms with E-state index in [0.29, 0.717) is 11.1 Å². The Hall–Kier alpha value is -2.37. The van der Waals surface area contributed by atoms with Crippen LogP contribution in [0.3, 0.4) is 0 Å². The Bertz CT molecular complexity index is 591. The maximum absolute atomic E-state index is 13.8. The van der Waals surface area contributed by atoms with Crippen molar-refractivity contribution in [3.8, 4) is 0 Å². The maximum Gasteiger partial charge on any atom is 0.407 e. The number of alkyl carbamates (subject to hydrolysis) is 1. The fraction of sp³-hybridized carbons (Fsp3) is 0.412. The van der Waals surface area contributed by atoms with Crippen molar-refractivity contribution < 1.29 is 23.8 Å². The van der Waals surface area contributed by atoms with E-state index < -0.39 is 23.5 Å². The Kier molecular flexibility index (Phi) is 6.75. The molecule has 0 aliphatic rings. The topological polar surface area (TPSA) is 75.6 Å². The third kappa shape index (κ3) is 7.99. The largest absolute Gasteiger partial charge is 0.481 e. The fourth-order valence-corrected chi connectivity index (χ4v) is 1.76. The summed E-state index contributed by atoms with van der Waals surface area (Å²) in [5, 5.41) is 11.2. The van der Waals surface area contributed by atoms with Crippen molar-refractivity contribution in [2.75, 3.05) is 6.54 Å². The summed E-state index contributed by atoms with van der Waals surface area (Å²) in [7, 11) is 0. The van der Waals surface area contributed by atoms with Gasteiger partial charge in [0.25, 0.3) is 0 Å². The van der Waals surface area contributed by atoms with E-state index in [1.165, 1.54) is 6.07 Å². The van der Waals surface area contributed by atoms with Gasteiger partial charge in [-0.15, -0.1) is 0 Å². The molecular formula is C17H22FNO4. The Labute approximate surface area is 135 Å². The van der Waals surface area contributed by atoms with E-state index in [4.69, 9.17) is 9.84 Å². The standard InChI is InChI=1S/C17H22FNO4/c1-17(2,3)23-16(22)19-10-4-5-12-6-7-13(14(18)11-12)8-9-15(20)21/h4-7,11H,8-10H2,1-3H3,(H,19,22)(H,20,21). The van der Waals surface area contributed by atoms with Gasteiger partial charge in [-0.05, 0) is 44.4 Å². The monoisotopic (exact) mass is 323 g/mol. The quantitative estimate of drug-likeness (QED) is 0.841. The molecule has 0 atom stereocenters. The van der Waals surface area contributed by atoms with Gasteiger partial charge < -0.3 is 15.2 Å². The Balaban J connectivity index is 2.49. The Morgan fingerprint density at radius 2 is 2.04 bits per heavy atom. The van der Waals surface area contributed by atoms with Gasteiger partial charge in [0, 0.05) is 13.0 Å². The van der Waals surface area contributed by atoms with Crippen LogP contribution in [0.5, 0.6) is 0 Å². The predicted molar refractivity (Wildman–Crippen MR) is 85.6 cm³/mol. The lowest BCUT2D eigenvalue weighted by Gasteiger charge is -2.19. The molecule has 23 heavy (non-hydrogen) atoms. The van der Waals surface area contributed by atoms with Crippen LogP contribution in [0.1, 0.15) is 38.3 Å². The van der Waals surface area contributed by atoms with Crippen LogP contribution in [0.25, 0.3) is 6.08 Å². The summed E-state index contributed by atoms with van der Waals surface area (Å²) in [6.07, 6.45) is 2.88. The third-order valence-corrected chi connectivity index (χ3v) is 2.76. The van der Waals surface area contributed by atoms with Gasteiger partial charge in [0.1, 0.15) is 11.4 Å². The third-order valence-electron chi connectivity index (χ3n) is 2.76. The number of rotatable bonds is 6. The van der Waals surface area contributed by atoms with Crippen molar-refractivity contribution in [2.24, 2.45) is 0 Å². The van der Waals surface area contributed by atoms with Crippen molar-refractivity contribution in [3.63, 3.8) is 0 Å². The van der Waals surface area contributed by atoms with Crippen molar-refractivity contribution in [1.29, 1.82) is 0 Å². The van der Waals surface area contributed by atoms with Gasteiger partial charge in [0.05, 0.1) is 0 Å². The van der Waals surface area contributed by atoms with Gasteiger partial charge in [-0.3, -0.25) is 4.79 Å². The number of aryl methyl sites for hydroxylation is 1. The second-order valence-electron chi connectivity index (χ2n) is 6.03. The molecule has 0 unspecified atom stereocenters. The van der Waals surface area contributed by atoms with Gasteiger partial charge in [0.15, 0.2) is 0 Å². The molecule has 0 fully saturated rings. The minimum absolute atomic E-state index is 0.105. The lowest BCUT2D eigenvalue weighted by molar-refractivity contribution is -0.136. The molecule has 0 saturated heterocycles. The molecule has 0 bridgehead atoms. The molecule has 126 valence electrons. The summed E-state index contributed by atoms with van der Waals surface area (Å²) in [5.74, 6) is -1.39. The molecule has 5 nitrogen and oxygen atoms in total. The van der Waals surface area contributed by atoms with Crippen LogP contribution >= 0.6 is 0 Å². The minimum Gasteiger partial charge on any atom is -0.481 e. The number of carboxylic acids is 1. The number of nitrogens with one attached hydrogen (secondary N) is 1. The number of carbonyl (C=O) groups is 2. The first kappa shape index (κ1) is 18.7. The first-order chi connectivity index (χ1) is 10.7. The Morgan fingerprint density at radius 1 is 1.35 bits per heavy atom. The van der Waals surface area contributed by atoms with Crippen LogP contribution in [0.4, 0.5) is 9.18 Å². The highest BCUT2D eigenvalue weighted by Crippen LogP contribution is 2.13. The van der Waals surface area contributed by atoms with Crippen LogP contribution in [0.2, 0.25) is 0 Å². The van der Waals surface area contributed by atoms with Gasteiger partial charge in [-0.1, -0.05) is 24.3 Å². The first-order valence-corrected chi connectivity index (χ1v) is 7.31. The zero-order valence-corrected chi connectivity index (χ0v) is 13.6. The SMILES string of the molecule is CC(C)(C)OC(=O)NCC=Cc1ccc(CCC(=O)O)c(F)c1. The predicted octanol–water partition coefficient (Wildman–Crippen LogP) is 3.38. The molecular weight excluding hydrogens is 301 g/mol. The van der Waals surface area contributed by atoms with Crippen molar-refractivity contribution in [3.05, 3.63) is 41.2 Å². The van der Waals surface area contributed by atoms with Crippen LogP contribution < -0.4 is 5.32 Å². The van der Waals surface area contributed by atoms with Gasteiger partial charge in [-0.25, -0.2) is 9.18 Å². The summed E-state index contributed by atoms with van der Waals surface area (Å²) in [6, 6.07) is 4.60. The van der Waals surface area contributed by atoms with Gasteiger partial charge in [-0.2, -0.15) is 0 Å². The molecule has 0 spiro atoms. The molecule has 0 heterocycles. The van der Waals surface area contributed by atoms with E-state index in [2.05, 4.69) is 5.32 Å². The van der Waals surface area contributed by atoms with Crippen LogP contribution in [-0.2, 0) is 16.0 Å². The lowest BCUT2D eigenvalue weighted by atomic mass is 10.1. The number of amides is 1. The van der Waals surface area contributed by atoms with Gasteiger partial charge in [0.2, 0.25) is 0 Å². The molecule has 1 aromatic rings. The van der Waals surface area contributed by atoms with Crippen molar-refractivity contribution in [2.45, 2.75) is 39.2 Å². The minimum atomic E-state index is -0.957. The van der Waals surface area contributed by atoms with Crippen LogP contribution in [0, 0.1) is 5.82 Å². The highest BCUT2D eigenvalue weighted by Gasteiger charge is 2.14. The number of carbonyl (C=O) groups excluding carboxylic acids is 1. The van der Waals surface area contributed by atoms with E-state index in [-0.39, 0.29) is 19.4 Å². The number of hydrogen-bond donors (Lipinski definition) is 2. The molecule has 1 aromatic carbocycles. The van der Waals surface area contributed by atoms with E-state index in [9.17, 15) is 14.0 Å². The molecule has 1 amide bonds. The fourth-order valence-electron chi connectivity index (χ4n) is 1.76. The highest BCUT2D eigenvalue weighted by atomic mass is 19.1. The number of aliphatic carboxylic acids is 1. The summed E-state index contributed by atoms with van der Waals surface area (Å²) in [4.78, 5) is 21.9. The van der Waals surface area contributed by atoms with E-state index in [0.717, 1.165) is 0 Å². The lowest BCUT2D eigenvalue weighted by Crippen LogP contribution is -2.32.